The summed E-state index contributed by atoms with van der Waals surface area (Å²) in [6.07, 6.45) is 6.37. The molecule has 12 heavy (non-hydrogen) atoms. The third kappa shape index (κ3) is 1.49. The van der Waals surface area contributed by atoms with Crippen LogP contribution in [0.3, 0.4) is 0 Å². The van der Waals surface area contributed by atoms with Crippen LogP contribution in [0, 0.1) is 0 Å². The second-order valence-corrected chi connectivity index (χ2v) is 3.85. The molecule has 0 heterocycles. The number of hydrogen-bond donors (Lipinski definition) is 0. The number of hydrogen-bond acceptors (Lipinski definition) is 0. The molecule has 0 radical (unpaired) electrons. The first kappa shape index (κ1) is 8.12. The Balaban J connectivity index is 2.42. The summed E-state index contributed by atoms with van der Waals surface area (Å²) >= 11 is 6.11. The van der Waals surface area contributed by atoms with Crippen LogP contribution in [-0.2, 0) is 12.8 Å². The van der Waals surface area contributed by atoms with E-state index in [1.165, 1.54) is 43.2 Å². The van der Waals surface area contributed by atoms with Crippen molar-refractivity contribution in [2.45, 2.75) is 32.1 Å². The van der Waals surface area contributed by atoms with Crippen molar-refractivity contribution < 1.29 is 0 Å². The van der Waals surface area contributed by atoms with Gasteiger partial charge in [-0.15, -0.1) is 0 Å². The van der Waals surface area contributed by atoms with E-state index in [0.29, 0.717) is 0 Å². The van der Waals surface area contributed by atoms with Crippen molar-refractivity contribution >= 4 is 11.6 Å². The monoisotopic (exact) mass is 180 g/mol. The van der Waals surface area contributed by atoms with Gasteiger partial charge >= 0.3 is 0 Å². The van der Waals surface area contributed by atoms with E-state index in [2.05, 4.69) is 12.1 Å². The zero-order chi connectivity index (χ0) is 8.39. The lowest BCUT2D eigenvalue weighted by atomic mass is 10.0. The quantitative estimate of drug-likeness (QED) is 0.535. The van der Waals surface area contributed by atoms with E-state index in [4.69, 9.17) is 11.6 Å². The largest absolute Gasteiger partial charge is 0.0840 e. The highest BCUT2D eigenvalue weighted by Gasteiger charge is 2.09. The maximum atomic E-state index is 6.11. The van der Waals surface area contributed by atoms with Gasteiger partial charge in [-0.2, -0.15) is 0 Å². The van der Waals surface area contributed by atoms with E-state index >= 15 is 0 Å². The molecular formula is C11H13Cl. The van der Waals surface area contributed by atoms with E-state index in [1.807, 2.05) is 6.07 Å². The van der Waals surface area contributed by atoms with Crippen LogP contribution in [0.15, 0.2) is 18.2 Å². The van der Waals surface area contributed by atoms with Gasteiger partial charge in [0.25, 0.3) is 0 Å². The van der Waals surface area contributed by atoms with Gasteiger partial charge in [0, 0.05) is 5.02 Å². The molecule has 0 fully saturated rings. The van der Waals surface area contributed by atoms with E-state index < -0.39 is 0 Å². The molecule has 1 aromatic carbocycles. The van der Waals surface area contributed by atoms with Gasteiger partial charge in [-0.3, -0.25) is 0 Å². The predicted octanol–water partition coefficient (Wildman–Crippen LogP) is 3.61. The normalized spacial score (nSPS) is 16.8. The van der Waals surface area contributed by atoms with Gasteiger partial charge in [0.05, 0.1) is 0 Å². The summed E-state index contributed by atoms with van der Waals surface area (Å²) in [5, 5.41) is 0.967. The Morgan fingerprint density at radius 1 is 1.00 bits per heavy atom. The third-order valence-electron chi connectivity index (χ3n) is 2.59. The van der Waals surface area contributed by atoms with E-state index in [9.17, 15) is 0 Å². The van der Waals surface area contributed by atoms with Crippen LogP contribution >= 0.6 is 11.6 Å². The fourth-order valence-electron chi connectivity index (χ4n) is 1.91. The van der Waals surface area contributed by atoms with Crippen LogP contribution in [-0.4, -0.2) is 0 Å². The SMILES string of the molecule is Clc1cccc2c1CCCCC2. The van der Waals surface area contributed by atoms with Gasteiger partial charge in [-0.1, -0.05) is 30.2 Å². The molecular weight excluding hydrogens is 168 g/mol. The highest BCUT2D eigenvalue weighted by atomic mass is 35.5. The maximum Gasteiger partial charge on any atom is 0.0440 e. The van der Waals surface area contributed by atoms with Crippen LogP contribution in [0.2, 0.25) is 5.02 Å². The second-order valence-electron chi connectivity index (χ2n) is 3.44. The Bertz CT molecular complexity index is 278. The second kappa shape index (κ2) is 3.49. The van der Waals surface area contributed by atoms with Crippen molar-refractivity contribution in [2.24, 2.45) is 0 Å². The Morgan fingerprint density at radius 2 is 1.83 bits per heavy atom. The number of aryl methyl sites for hydroxylation is 1. The molecule has 0 aromatic heterocycles. The van der Waals surface area contributed by atoms with Gasteiger partial charge in [0.2, 0.25) is 0 Å². The first-order valence-electron chi connectivity index (χ1n) is 4.64. The first-order chi connectivity index (χ1) is 5.88. The molecule has 64 valence electrons. The van der Waals surface area contributed by atoms with Gasteiger partial charge in [0.15, 0.2) is 0 Å². The van der Waals surface area contributed by atoms with Gasteiger partial charge in [-0.05, 0) is 42.9 Å². The van der Waals surface area contributed by atoms with Gasteiger partial charge in [-0.25, -0.2) is 0 Å². The molecule has 0 spiro atoms. The van der Waals surface area contributed by atoms with E-state index in [-0.39, 0.29) is 0 Å². The smallest absolute Gasteiger partial charge is 0.0440 e. The topological polar surface area (TPSA) is 0 Å². The Morgan fingerprint density at radius 3 is 2.75 bits per heavy atom. The molecule has 1 heteroatoms. The molecule has 1 aliphatic rings. The van der Waals surface area contributed by atoms with Crippen LogP contribution < -0.4 is 0 Å². The Kier molecular flexibility index (Phi) is 2.36. The Labute approximate surface area is 78.6 Å². The average Bonchev–Trinajstić information content (AvgIpc) is 2.30. The van der Waals surface area contributed by atoms with Crippen molar-refractivity contribution in [3.05, 3.63) is 34.3 Å². The number of benzene rings is 1. The molecule has 0 nitrogen and oxygen atoms in total. The summed E-state index contributed by atoms with van der Waals surface area (Å²) < 4.78 is 0. The van der Waals surface area contributed by atoms with Crippen LogP contribution in [0.5, 0.6) is 0 Å². The van der Waals surface area contributed by atoms with Crippen molar-refractivity contribution in [3.63, 3.8) is 0 Å². The number of halogens is 1. The molecule has 1 aromatic rings. The van der Waals surface area contributed by atoms with E-state index in [0.717, 1.165) is 5.02 Å². The molecule has 0 N–H and O–H groups in total. The van der Waals surface area contributed by atoms with E-state index in [1.54, 1.807) is 0 Å². The summed E-state index contributed by atoms with van der Waals surface area (Å²) in [5.74, 6) is 0. The highest BCUT2D eigenvalue weighted by Crippen LogP contribution is 2.26. The Hall–Kier alpha value is -0.490. The summed E-state index contributed by atoms with van der Waals surface area (Å²) in [6.45, 7) is 0. The minimum Gasteiger partial charge on any atom is -0.0840 e. The maximum absolute atomic E-state index is 6.11. The lowest BCUT2D eigenvalue weighted by molar-refractivity contribution is 0.711. The lowest BCUT2D eigenvalue weighted by Crippen LogP contribution is -1.90. The van der Waals surface area contributed by atoms with Crippen LogP contribution in [0.1, 0.15) is 30.4 Å². The van der Waals surface area contributed by atoms with Gasteiger partial charge in [0.1, 0.15) is 0 Å². The number of fused-ring (bicyclic) bond motifs is 1. The first-order valence-corrected chi connectivity index (χ1v) is 5.02. The summed E-state index contributed by atoms with van der Waals surface area (Å²) in [4.78, 5) is 0. The minimum atomic E-state index is 0.967. The molecule has 0 bridgehead atoms. The van der Waals surface area contributed by atoms with Crippen LogP contribution in [0.25, 0.3) is 0 Å². The number of rotatable bonds is 0. The predicted molar refractivity (Wildman–Crippen MR) is 52.7 cm³/mol. The van der Waals surface area contributed by atoms with Crippen molar-refractivity contribution in [2.75, 3.05) is 0 Å². The molecule has 0 unspecified atom stereocenters. The van der Waals surface area contributed by atoms with Gasteiger partial charge < -0.3 is 0 Å². The molecule has 1 aliphatic carbocycles. The summed E-state index contributed by atoms with van der Waals surface area (Å²) in [7, 11) is 0. The zero-order valence-electron chi connectivity index (χ0n) is 7.15. The molecule has 0 atom stereocenters. The van der Waals surface area contributed by atoms with Crippen molar-refractivity contribution in [3.8, 4) is 0 Å². The molecule has 0 saturated carbocycles. The fraction of sp³-hybridized carbons (Fsp3) is 0.455. The molecule has 0 amide bonds. The summed E-state index contributed by atoms with van der Waals surface area (Å²) in [5.41, 5.74) is 2.87. The average molecular weight is 181 g/mol. The summed E-state index contributed by atoms with van der Waals surface area (Å²) in [6, 6.07) is 6.28. The zero-order valence-corrected chi connectivity index (χ0v) is 7.90. The molecule has 0 saturated heterocycles. The third-order valence-corrected chi connectivity index (χ3v) is 2.94. The van der Waals surface area contributed by atoms with Crippen molar-refractivity contribution in [1.82, 2.24) is 0 Å². The fourth-order valence-corrected chi connectivity index (χ4v) is 2.20. The lowest BCUT2D eigenvalue weighted by Gasteiger charge is -2.06. The van der Waals surface area contributed by atoms with Crippen molar-refractivity contribution in [1.29, 1.82) is 0 Å². The van der Waals surface area contributed by atoms with Crippen LogP contribution in [0.4, 0.5) is 0 Å². The minimum absolute atomic E-state index is 0.967. The highest BCUT2D eigenvalue weighted by molar-refractivity contribution is 6.31. The standard InChI is InChI=1S/C11H13Cl/c12-11-8-4-6-9-5-2-1-3-7-10(9)11/h4,6,8H,1-3,5,7H2. The molecule has 0 aliphatic heterocycles. The molecule has 2 rings (SSSR count).